The molecule has 76 valence electrons. The molecule has 0 amide bonds. The highest BCUT2D eigenvalue weighted by atomic mass is 16.3. The van der Waals surface area contributed by atoms with Crippen LogP contribution in [0.5, 0.6) is 0 Å². The lowest BCUT2D eigenvalue weighted by Crippen LogP contribution is -2.50. The van der Waals surface area contributed by atoms with Gasteiger partial charge in [-0.25, -0.2) is 0 Å². The molecule has 3 heteroatoms. The lowest BCUT2D eigenvalue weighted by atomic mass is 9.89. The lowest BCUT2D eigenvalue weighted by Gasteiger charge is -2.31. The van der Waals surface area contributed by atoms with Gasteiger partial charge in [-0.1, -0.05) is 16.6 Å². The first-order valence-electron chi connectivity index (χ1n) is 5.10. The van der Waals surface area contributed by atoms with Crippen LogP contribution in [0.2, 0.25) is 0 Å². The Kier molecular flexibility index (Phi) is 2.76. The average Bonchev–Trinajstić information content (AvgIpc) is 2.03. The van der Waals surface area contributed by atoms with Crippen LogP contribution in [-0.4, -0.2) is 21.1 Å². The zero-order chi connectivity index (χ0) is 10.1. The molecule has 0 aromatic carbocycles. The molecule has 0 aliphatic heterocycles. The van der Waals surface area contributed by atoms with E-state index in [4.69, 9.17) is 5.53 Å². The van der Waals surface area contributed by atoms with Crippen LogP contribution in [0.25, 0.3) is 0 Å². The fraction of sp³-hybridized carbons (Fsp3) is 1.00. The summed E-state index contributed by atoms with van der Waals surface area (Å²) in [5, 5.41) is 10.2. The van der Waals surface area contributed by atoms with E-state index in [2.05, 4.69) is 0 Å². The zero-order valence-corrected chi connectivity index (χ0v) is 8.93. The fourth-order valence-corrected chi connectivity index (χ4v) is 1.97. The van der Waals surface area contributed by atoms with Crippen molar-refractivity contribution in [1.29, 1.82) is 5.53 Å². The van der Waals surface area contributed by atoms with Crippen molar-refractivity contribution in [2.45, 2.75) is 64.1 Å². The Hall–Kier alpha value is -0.440. The summed E-state index contributed by atoms with van der Waals surface area (Å²) in [5.41, 5.74) is 6.75. The van der Waals surface area contributed by atoms with Crippen molar-refractivity contribution in [3.05, 3.63) is 0 Å². The number of nitrogens with zero attached hydrogens (tertiary/aromatic N) is 1. The molecule has 1 rings (SSSR count). The molecule has 1 aliphatic rings. The van der Waals surface area contributed by atoms with E-state index in [1.54, 1.807) is 0 Å². The van der Waals surface area contributed by atoms with Crippen molar-refractivity contribution < 1.29 is 9.80 Å². The summed E-state index contributed by atoms with van der Waals surface area (Å²) in [4.78, 5) is 0. The van der Waals surface area contributed by atoms with E-state index < -0.39 is 5.72 Å². The number of hydrogen-bond donors (Lipinski definition) is 2. The van der Waals surface area contributed by atoms with Gasteiger partial charge in [-0.15, -0.1) is 0 Å². The Labute approximate surface area is 80.3 Å². The molecule has 0 aromatic rings. The quantitative estimate of drug-likeness (QED) is 0.368. The SMILES string of the molecule is CC(C)(C)[N+](=N)C1(O)CCCCC1. The van der Waals surface area contributed by atoms with Crippen molar-refractivity contribution in [1.82, 2.24) is 0 Å². The van der Waals surface area contributed by atoms with Crippen LogP contribution < -0.4 is 0 Å². The summed E-state index contributed by atoms with van der Waals surface area (Å²) in [6, 6.07) is 0. The first-order chi connectivity index (χ1) is 5.86. The number of aliphatic hydroxyl groups is 1. The summed E-state index contributed by atoms with van der Waals surface area (Å²) in [5.74, 6) is 0. The van der Waals surface area contributed by atoms with E-state index in [0.717, 1.165) is 25.7 Å². The van der Waals surface area contributed by atoms with Crippen LogP contribution in [0.4, 0.5) is 0 Å². The van der Waals surface area contributed by atoms with Crippen LogP contribution in [0.3, 0.4) is 0 Å². The van der Waals surface area contributed by atoms with Gasteiger partial charge in [0.15, 0.2) is 5.54 Å². The molecule has 0 unspecified atom stereocenters. The van der Waals surface area contributed by atoms with Crippen LogP contribution in [0.15, 0.2) is 0 Å². The smallest absolute Gasteiger partial charge is 0.289 e. The third-order valence-corrected chi connectivity index (χ3v) is 2.74. The standard InChI is InChI=1S/C10H21N2O/c1-9(2,3)12(11)10(13)7-5-4-6-8-10/h11,13H,4-8H2,1-3H3/q+1. The summed E-state index contributed by atoms with van der Waals surface area (Å²) < 4.78 is 1.37. The Morgan fingerprint density at radius 2 is 1.62 bits per heavy atom. The molecule has 13 heavy (non-hydrogen) atoms. The summed E-state index contributed by atoms with van der Waals surface area (Å²) in [7, 11) is 0. The Balaban J connectivity index is 2.73. The lowest BCUT2D eigenvalue weighted by molar-refractivity contribution is -0.776. The molecule has 1 aliphatic carbocycles. The van der Waals surface area contributed by atoms with E-state index in [9.17, 15) is 5.11 Å². The second-order valence-corrected chi connectivity index (χ2v) is 5.05. The predicted molar refractivity (Wildman–Crippen MR) is 50.8 cm³/mol. The fourth-order valence-electron chi connectivity index (χ4n) is 1.97. The maximum Gasteiger partial charge on any atom is 0.289 e. The van der Waals surface area contributed by atoms with E-state index in [-0.39, 0.29) is 5.54 Å². The first-order valence-corrected chi connectivity index (χ1v) is 5.10. The number of hydrogen-bond acceptors (Lipinski definition) is 2. The minimum atomic E-state index is -0.878. The van der Waals surface area contributed by atoms with Crippen molar-refractivity contribution >= 4 is 0 Å². The molecule has 0 atom stereocenters. The molecule has 2 N–H and O–H groups in total. The van der Waals surface area contributed by atoms with Gasteiger partial charge in [-0.3, -0.25) is 0 Å². The number of nitrogens with one attached hydrogen (secondary N) is 1. The van der Waals surface area contributed by atoms with Gasteiger partial charge < -0.3 is 5.11 Å². The normalized spacial score (nSPS) is 22.8. The molecule has 1 saturated carbocycles. The topological polar surface area (TPSA) is 47.1 Å². The third-order valence-electron chi connectivity index (χ3n) is 2.74. The summed E-state index contributed by atoms with van der Waals surface area (Å²) in [6.45, 7) is 5.89. The molecule has 0 heterocycles. The minimum absolute atomic E-state index is 0.272. The average molecular weight is 185 g/mol. The van der Waals surface area contributed by atoms with E-state index >= 15 is 0 Å². The zero-order valence-electron chi connectivity index (χ0n) is 8.93. The maximum absolute atomic E-state index is 10.2. The van der Waals surface area contributed by atoms with Crippen LogP contribution in [0.1, 0.15) is 52.9 Å². The Bertz CT molecular complexity index is 199. The molecule has 1 fully saturated rings. The first kappa shape index (κ1) is 10.6. The monoisotopic (exact) mass is 185 g/mol. The van der Waals surface area contributed by atoms with Gasteiger partial charge in [-0.05, 0) is 12.8 Å². The molecular formula is C10H21N2O+. The van der Waals surface area contributed by atoms with E-state index in [1.165, 1.54) is 11.1 Å². The highest BCUT2D eigenvalue weighted by Gasteiger charge is 2.46. The van der Waals surface area contributed by atoms with E-state index in [0.29, 0.717) is 0 Å². The van der Waals surface area contributed by atoms with E-state index in [1.807, 2.05) is 20.8 Å². The van der Waals surface area contributed by atoms with Gasteiger partial charge >= 0.3 is 0 Å². The molecule has 0 spiro atoms. The summed E-state index contributed by atoms with van der Waals surface area (Å²) in [6.07, 6.45) is 4.77. The highest BCUT2D eigenvalue weighted by Crippen LogP contribution is 2.31. The number of rotatable bonds is 1. The van der Waals surface area contributed by atoms with Crippen molar-refractivity contribution in [3.8, 4) is 0 Å². The molecule has 0 aromatic heterocycles. The van der Waals surface area contributed by atoms with Crippen molar-refractivity contribution in [3.63, 3.8) is 0 Å². The molecule has 3 nitrogen and oxygen atoms in total. The largest absolute Gasteiger partial charge is 0.333 e. The van der Waals surface area contributed by atoms with Crippen LogP contribution >= 0.6 is 0 Å². The Morgan fingerprint density at radius 3 is 2.00 bits per heavy atom. The van der Waals surface area contributed by atoms with Gasteiger partial charge in [0, 0.05) is 33.6 Å². The highest BCUT2D eigenvalue weighted by molar-refractivity contribution is 4.73. The van der Waals surface area contributed by atoms with Gasteiger partial charge in [0.05, 0.1) is 0 Å². The molecule has 0 bridgehead atoms. The maximum atomic E-state index is 10.2. The van der Waals surface area contributed by atoms with Crippen LogP contribution in [-0.2, 0) is 0 Å². The van der Waals surface area contributed by atoms with Gasteiger partial charge in [-0.2, -0.15) is 0 Å². The third kappa shape index (κ3) is 2.27. The van der Waals surface area contributed by atoms with Crippen molar-refractivity contribution in [2.75, 3.05) is 0 Å². The second kappa shape index (κ2) is 3.37. The molecule has 0 radical (unpaired) electrons. The van der Waals surface area contributed by atoms with Crippen molar-refractivity contribution in [2.24, 2.45) is 0 Å². The van der Waals surface area contributed by atoms with Gasteiger partial charge in [0.1, 0.15) is 0 Å². The second-order valence-electron chi connectivity index (χ2n) is 5.05. The summed E-state index contributed by atoms with van der Waals surface area (Å²) >= 11 is 0. The molecule has 0 saturated heterocycles. The predicted octanol–water partition coefficient (Wildman–Crippen LogP) is 2.48. The minimum Gasteiger partial charge on any atom is -0.333 e. The van der Waals surface area contributed by atoms with Crippen LogP contribution in [0, 0.1) is 5.53 Å². The van der Waals surface area contributed by atoms with Gasteiger partial charge in [0.2, 0.25) is 0 Å². The Morgan fingerprint density at radius 1 is 1.15 bits per heavy atom. The molecular weight excluding hydrogens is 164 g/mol. The van der Waals surface area contributed by atoms with Gasteiger partial charge in [0.25, 0.3) is 5.72 Å².